The Kier molecular flexibility index (Phi) is 5.49. The van der Waals surface area contributed by atoms with Gasteiger partial charge in [0, 0.05) is 19.1 Å². The highest BCUT2D eigenvalue weighted by atomic mass is 16.5. The molecule has 0 spiro atoms. The second-order valence-electron chi connectivity index (χ2n) is 4.94. The first-order valence-electron chi connectivity index (χ1n) is 7.02. The Balaban J connectivity index is 1.65. The van der Waals surface area contributed by atoms with Crippen LogP contribution in [-0.4, -0.2) is 37.2 Å². The first kappa shape index (κ1) is 13.4. The maximum Gasteiger partial charge on any atom is 0.119 e. The number of hydrogen-bond acceptors (Lipinski definition) is 3. The fourth-order valence-corrected chi connectivity index (χ4v) is 2.60. The highest BCUT2D eigenvalue weighted by Gasteiger charge is 2.20. The molecule has 1 aromatic carbocycles. The van der Waals surface area contributed by atoms with E-state index in [1.165, 1.54) is 25.8 Å². The molecule has 3 nitrogen and oxygen atoms in total. The van der Waals surface area contributed by atoms with E-state index in [2.05, 4.69) is 4.90 Å². The lowest BCUT2D eigenvalue weighted by Crippen LogP contribution is -2.44. The molecule has 0 aliphatic carbocycles. The third kappa shape index (κ3) is 4.00. The lowest BCUT2D eigenvalue weighted by atomic mass is 10.0. The third-order valence-electron chi connectivity index (χ3n) is 3.62. The van der Waals surface area contributed by atoms with Crippen LogP contribution >= 0.6 is 0 Å². The molecule has 2 rings (SSSR count). The Labute approximate surface area is 110 Å². The van der Waals surface area contributed by atoms with Crippen molar-refractivity contribution < 1.29 is 4.74 Å². The highest BCUT2D eigenvalue weighted by Crippen LogP contribution is 2.16. The minimum Gasteiger partial charge on any atom is -0.494 e. The van der Waals surface area contributed by atoms with E-state index in [4.69, 9.17) is 10.5 Å². The smallest absolute Gasteiger partial charge is 0.119 e. The van der Waals surface area contributed by atoms with Crippen LogP contribution in [0.15, 0.2) is 30.3 Å². The van der Waals surface area contributed by atoms with E-state index in [1.54, 1.807) is 0 Å². The molecule has 2 N–H and O–H groups in total. The van der Waals surface area contributed by atoms with Crippen LogP contribution in [0.3, 0.4) is 0 Å². The van der Waals surface area contributed by atoms with Gasteiger partial charge >= 0.3 is 0 Å². The van der Waals surface area contributed by atoms with Crippen molar-refractivity contribution in [3.63, 3.8) is 0 Å². The van der Waals surface area contributed by atoms with Gasteiger partial charge in [-0.2, -0.15) is 0 Å². The number of rotatable bonds is 6. The number of likely N-dealkylation sites (tertiary alicyclic amines) is 1. The second-order valence-corrected chi connectivity index (χ2v) is 4.94. The molecule has 0 radical (unpaired) electrons. The van der Waals surface area contributed by atoms with Gasteiger partial charge in [-0.15, -0.1) is 0 Å². The molecule has 1 aliphatic rings. The van der Waals surface area contributed by atoms with Gasteiger partial charge in [0.25, 0.3) is 0 Å². The Morgan fingerprint density at radius 2 is 2.06 bits per heavy atom. The molecule has 1 heterocycles. The van der Waals surface area contributed by atoms with Gasteiger partial charge in [0.15, 0.2) is 0 Å². The number of nitrogens with two attached hydrogens (primary N) is 1. The number of hydrogen-bond donors (Lipinski definition) is 1. The predicted octanol–water partition coefficient (Wildman–Crippen LogP) is 2.27. The molecule has 1 unspecified atom stereocenters. The average Bonchev–Trinajstić information content (AvgIpc) is 2.45. The van der Waals surface area contributed by atoms with Crippen molar-refractivity contribution >= 4 is 0 Å². The van der Waals surface area contributed by atoms with Crippen LogP contribution < -0.4 is 10.5 Å². The molecule has 0 aromatic heterocycles. The summed E-state index contributed by atoms with van der Waals surface area (Å²) >= 11 is 0. The Morgan fingerprint density at radius 3 is 2.83 bits per heavy atom. The van der Waals surface area contributed by atoms with E-state index < -0.39 is 0 Å². The first-order chi connectivity index (χ1) is 8.90. The molecule has 1 atom stereocenters. The van der Waals surface area contributed by atoms with Crippen LogP contribution in [0.1, 0.15) is 25.7 Å². The molecule has 1 aromatic rings. The van der Waals surface area contributed by atoms with E-state index in [0.29, 0.717) is 6.04 Å². The van der Waals surface area contributed by atoms with Gasteiger partial charge < -0.3 is 10.5 Å². The summed E-state index contributed by atoms with van der Waals surface area (Å²) in [5.74, 6) is 0.964. The van der Waals surface area contributed by atoms with E-state index in [0.717, 1.165) is 31.9 Å². The Morgan fingerprint density at radius 1 is 1.22 bits per heavy atom. The topological polar surface area (TPSA) is 38.5 Å². The SMILES string of the molecule is NCC1CCCCN1CCCOc1ccccc1. The Bertz CT molecular complexity index is 329. The first-order valence-corrected chi connectivity index (χ1v) is 7.02. The molecule has 0 amide bonds. The number of nitrogens with zero attached hydrogens (tertiary/aromatic N) is 1. The molecule has 18 heavy (non-hydrogen) atoms. The average molecular weight is 248 g/mol. The van der Waals surface area contributed by atoms with Gasteiger partial charge in [-0.05, 0) is 37.9 Å². The van der Waals surface area contributed by atoms with Crippen molar-refractivity contribution in [2.24, 2.45) is 5.73 Å². The fourth-order valence-electron chi connectivity index (χ4n) is 2.60. The molecule has 1 fully saturated rings. The molecular formula is C15H24N2O. The summed E-state index contributed by atoms with van der Waals surface area (Å²) in [4.78, 5) is 2.53. The van der Waals surface area contributed by atoms with Gasteiger partial charge in [-0.1, -0.05) is 24.6 Å². The van der Waals surface area contributed by atoms with Crippen LogP contribution in [0.5, 0.6) is 5.75 Å². The Hall–Kier alpha value is -1.06. The minimum absolute atomic E-state index is 0.593. The number of ether oxygens (including phenoxy) is 1. The van der Waals surface area contributed by atoms with E-state index in [9.17, 15) is 0 Å². The van der Waals surface area contributed by atoms with Crippen molar-refractivity contribution in [3.8, 4) is 5.75 Å². The zero-order valence-corrected chi connectivity index (χ0v) is 11.1. The van der Waals surface area contributed by atoms with Crippen molar-refractivity contribution in [1.29, 1.82) is 0 Å². The number of piperidine rings is 1. The summed E-state index contributed by atoms with van der Waals surface area (Å²) in [5, 5.41) is 0. The summed E-state index contributed by atoms with van der Waals surface area (Å²) < 4.78 is 5.71. The van der Waals surface area contributed by atoms with E-state index >= 15 is 0 Å². The predicted molar refractivity (Wildman–Crippen MR) is 74.8 cm³/mol. The van der Waals surface area contributed by atoms with Crippen LogP contribution in [-0.2, 0) is 0 Å². The zero-order valence-electron chi connectivity index (χ0n) is 11.1. The normalized spacial score (nSPS) is 20.8. The molecular weight excluding hydrogens is 224 g/mol. The lowest BCUT2D eigenvalue weighted by molar-refractivity contribution is 0.142. The lowest BCUT2D eigenvalue weighted by Gasteiger charge is -2.34. The van der Waals surface area contributed by atoms with Crippen LogP contribution in [0.2, 0.25) is 0 Å². The molecule has 0 saturated carbocycles. The maximum atomic E-state index is 5.82. The van der Waals surface area contributed by atoms with Gasteiger partial charge in [0.05, 0.1) is 6.61 Å². The molecule has 0 bridgehead atoms. The third-order valence-corrected chi connectivity index (χ3v) is 3.62. The molecule has 100 valence electrons. The standard InChI is InChI=1S/C15H24N2O/c16-13-14-7-4-5-10-17(14)11-6-12-18-15-8-2-1-3-9-15/h1-3,8-9,14H,4-7,10-13,16H2. The van der Waals surface area contributed by atoms with E-state index in [-0.39, 0.29) is 0 Å². The van der Waals surface area contributed by atoms with Crippen LogP contribution in [0.25, 0.3) is 0 Å². The van der Waals surface area contributed by atoms with Gasteiger partial charge in [0.1, 0.15) is 5.75 Å². The largest absolute Gasteiger partial charge is 0.494 e. The number of para-hydroxylation sites is 1. The van der Waals surface area contributed by atoms with Crippen molar-refractivity contribution in [2.45, 2.75) is 31.7 Å². The maximum absolute atomic E-state index is 5.82. The number of benzene rings is 1. The summed E-state index contributed by atoms with van der Waals surface area (Å²) in [6, 6.07) is 10.6. The summed E-state index contributed by atoms with van der Waals surface area (Å²) in [7, 11) is 0. The highest BCUT2D eigenvalue weighted by molar-refractivity contribution is 5.20. The van der Waals surface area contributed by atoms with Crippen molar-refractivity contribution in [2.75, 3.05) is 26.2 Å². The summed E-state index contributed by atoms with van der Waals surface area (Å²) in [5.41, 5.74) is 5.82. The van der Waals surface area contributed by atoms with Gasteiger partial charge in [-0.3, -0.25) is 4.90 Å². The van der Waals surface area contributed by atoms with Crippen LogP contribution in [0, 0.1) is 0 Å². The van der Waals surface area contributed by atoms with Crippen molar-refractivity contribution in [3.05, 3.63) is 30.3 Å². The molecule has 1 aliphatic heterocycles. The molecule has 1 saturated heterocycles. The molecule has 3 heteroatoms. The van der Waals surface area contributed by atoms with Gasteiger partial charge in [0.2, 0.25) is 0 Å². The quantitative estimate of drug-likeness (QED) is 0.785. The monoisotopic (exact) mass is 248 g/mol. The van der Waals surface area contributed by atoms with Crippen LogP contribution in [0.4, 0.5) is 0 Å². The van der Waals surface area contributed by atoms with Gasteiger partial charge in [-0.25, -0.2) is 0 Å². The minimum atomic E-state index is 0.593. The van der Waals surface area contributed by atoms with E-state index in [1.807, 2.05) is 30.3 Å². The summed E-state index contributed by atoms with van der Waals surface area (Å²) in [6.45, 7) is 3.89. The second kappa shape index (κ2) is 7.39. The zero-order chi connectivity index (χ0) is 12.6. The van der Waals surface area contributed by atoms with Crippen molar-refractivity contribution in [1.82, 2.24) is 4.90 Å². The fraction of sp³-hybridized carbons (Fsp3) is 0.600. The summed E-state index contributed by atoms with van der Waals surface area (Å²) in [6.07, 6.45) is 4.98.